The summed E-state index contributed by atoms with van der Waals surface area (Å²) in [6.45, 7) is 6.88. The largest absolute Gasteiger partial charge is 0.480 e. The molecule has 0 unspecified atom stereocenters. The van der Waals surface area contributed by atoms with E-state index >= 15 is 0 Å². The minimum Gasteiger partial charge on any atom is -0.480 e. The third-order valence-corrected chi connectivity index (χ3v) is 5.45. The second kappa shape index (κ2) is 8.69. The van der Waals surface area contributed by atoms with Crippen LogP contribution in [0.25, 0.3) is 0 Å². The van der Waals surface area contributed by atoms with Crippen LogP contribution in [0.2, 0.25) is 5.02 Å². The summed E-state index contributed by atoms with van der Waals surface area (Å²) < 4.78 is 5.43. The second-order valence-electron chi connectivity index (χ2n) is 6.91. The smallest absolute Gasteiger partial charge is 0.324 e. The van der Waals surface area contributed by atoms with Crippen molar-refractivity contribution in [3.05, 3.63) is 46.6 Å². The number of piperazine rings is 1. The summed E-state index contributed by atoms with van der Waals surface area (Å²) in [6, 6.07) is 9.78. The molecule has 1 aliphatic rings. The van der Waals surface area contributed by atoms with Crippen molar-refractivity contribution >= 4 is 29.0 Å². The third kappa shape index (κ3) is 4.17. The van der Waals surface area contributed by atoms with E-state index in [1.165, 1.54) is 0 Å². The lowest BCUT2D eigenvalue weighted by Gasteiger charge is -2.38. The van der Waals surface area contributed by atoms with E-state index in [-0.39, 0.29) is 6.03 Å². The van der Waals surface area contributed by atoms with Gasteiger partial charge in [0.1, 0.15) is 5.69 Å². The van der Waals surface area contributed by atoms with Crippen LogP contribution >= 0.6 is 11.6 Å². The molecule has 1 aromatic heterocycles. The van der Waals surface area contributed by atoms with E-state index in [1.54, 1.807) is 19.1 Å². The molecule has 0 radical (unpaired) electrons. The Kier molecular flexibility index (Phi) is 6.29. The van der Waals surface area contributed by atoms with Gasteiger partial charge in [0, 0.05) is 49.6 Å². The van der Waals surface area contributed by atoms with Crippen molar-refractivity contribution in [3.8, 4) is 5.88 Å². The van der Waals surface area contributed by atoms with Crippen LogP contribution in [-0.4, -0.2) is 56.3 Å². The number of halogens is 1. The first-order chi connectivity index (χ1) is 13.4. The van der Waals surface area contributed by atoms with E-state index < -0.39 is 0 Å². The van der Waals surface area contributed by atoms with Crippen molar-refractivity contribution in [2.45, 2.75) is 20.3 Å². The second-order valence-corrected chi connectivity index (χ2v) is 7.35. The van der Waals surface area contributed by atoms with E-state index in [4.69, 9.17) is 16.3 Å². The van der Waals surface area contributed by atoms with E-state index in [9.17, 15) is 4.79 Å². The number of ether oxygens (including phenoxy) is 1. The van der Waals surface area contributed by atoms with Crippen molar-refractivity contribution in [1.29, 1.82) is 0 Å². The summed E-state index contributed by atoms with van der Waals surface area (Å²) in [7, 11) is 3.36. The molecule has 0 bridgehead atoms. The molecule has 0 aliphatic carbocycles. The fourth-order valence-corrected chi connectivity index (χ4v) is 3.69. The van der Waals surface area contributed by atoms with Gasteiger partial charge in [0.25, 0.3) is 0 Å². The average Bonchev–Trinajstić information content (AvgIpc) is 2.72. The van der Waals surface area contributed by atoms with Gasteiger partial charge in [0.2, 0.25) is 5.88 Å². The lowest BCUT2D eigenvalue weighted by molar-refractivity contribution is 0.202. The standard InChI is InChI=1S/C21H27ClN4O2/c1-5-16-13-19(20(28-4)23-15(16)2)24(3)21(27)26-11-9-25(10-12-26)18-8-6-7-17(22)14-18/h6-8,13-14H,5,9-12H2,1-4H3. The summed E-state index contributed by atoms with van der Waals surface area (Å²) in [5, 5.41) is 0.724. The van der Waals surface area contributed by atoms with Crippen molar-refractivity contribution in [3.63, 3.8) is 0 Å². The number of amides is 2. The normalized spacial score (nSPS) is 14.2. The highest BCUT2D eigenvalue weighted by Crippen LogP contribution is 2.29. The minimum absolute atomic E-state index is 0.0447. The van der Waals surface area contributed by atoms with Crippen molar-refractivity contribution in [2.75, 3.05) is 50.1 Å². The number of carbonyl (C=O) groups is 1. The molecule has 2 heterocycles. The molecule has 0 N–H and O–H groups in total. The highest BCUT2D eigenvalue weighted by atomic mass is 35.5. The molecule has 1 saturated heterocycles. The van der Waals surface area contributed by atoms with Gasteiger partial charge in [-0.1, -0.05) is 24.6 Å². The molecule has 1 aromatic carbocycles. The monoisotopic (exact) mass is 402 g/mol. The van der Waals surface area contributed by atoms with Crippen molar-refractivity contribution < 1.29 is 9.53 Å². The Bertz CT molecular complexity index is 850. The third-order valence-electron chi connectivity index (χ3n) is 5.21. The van der Waals surface area contributed by atoms with E-state index in [0.29, 0.717) is 24.7 Å². The van der Waals surface area contributed by atoms with E-state index in [2.05, 4.69) is 16.8 Å². The number of hydrogen-bond acceptors (Lipinski definition) is 4. The fourth-order valence-electron chi connectivity index (χ4n) is 3.50. The number of urea groups is 1. The molecule has 2 aromatic rings. The summed E-state index contributed by atoms with van der Waals surface area (Å²) >= 11 is 6.10. The molecule has 150 valence electrons. The summed E-state index contributed by atoms with van der Waals surface area (Å²) in [5.74, 6) is 0.475. The van der Waals surface area contributed by atoms with Crippen LogP contribution in [0.15, 0.2) is 30.3 Å². The predicted octanol–water partition coefficient (Wildman–Crippen LogP) is 3.99. The molecular formula is C21H27ClN4O2. The Morgan fingerprint density at radius 2 is 1.96 bits per heavy atom. The number of aromatic nitrogens is 1. The molecule has 0 atom stereocenters. The summed E-state index contributed by atoms with van der Waals surface area (Å²) in [6.07, 6.45) is 0.857. The number of nitrogens with zero attached hydrogens (tertiary/aromatic N) is 4. The molecular weight excluding hydrogens is 376 g/mol. The number of rotatable bonds is 4. The summed E-state index contributed by atoms with van der Waals surface area (Å²) in [5.41, 5.74) is 3.83. The van der Waals surface area contributed by atoms with Crippen LogP contribution in [0.4, 0.5) is 16.2 Å². The maximum atomic E-state index is 13.1. The zero-order chi connectivity index (χ0) is 20.3. The minimum atomic E-state index is -0.0447. The van der Waals surface area contributed by atoms with Crippen LogP contribution in [0, 0.1) is 6.92 Å². The molecule has 0 saturated carbocycles. The molecule has 28 heavy (non-hydrogen) atoms. The first-order valence-corrected chi connectivity index (χ1v) is 9.90. The topological polar surface area (TPSA) is 48.9 Å². The lowest BCUT2D eigenvalue weighted by Crippen LogP contribution is -2.52. The number of hydrogen-bond donors (Lipinski definition) is 0. The van der Waals surface area contributed by atoms with Gasteiger partial charge in [-0.2, -0.15) is 0 Å². The van der Waals surface area contributed by atoms with Gasteiger partial charge in [-0.25, -0.2) is 9.78 Å². The zero-order valence-corrected chi connectivity index (χ0v) is 17.7. The SMILES string of the molecule is CCc1cc(N(C)C(=O)N2CCN(c3cccc(Cl)c3)CC2)c(OC)nc1C. The van der Waals surface area contributed by atoms with Gasteiger partial charge in [0.05, 0.1) is 7.11 Å². The molecule has 6 nitrogen and oxygen atoms in total. The molecule has 0 spiro atoms. The maximum Gasteiger partial charge on any atom is 0.324 e. The number of anilines is 2. The van der Waals surface area contributed by atoms with Gasteiger partial charge < -0.3 is 14.5 Å². The van der Waals surface area contributed by atoms with Crippen LogP contribution in [0.5, 0.6) is 5.88 Å². The van der Waals surface area contributed by atoms with Crippen molar-refractivity contribution in [1.82, 2.24) is 9.88 Å². The molecule has 7 heteroatoms. The van der Waals surface area contributed by atoms with Crippen LogP contribution < -0.4 is 14.5 Å². The highest BCUT2D eigenvalue weighted by Gasteiger charge is 2.26. The Balaban J connectivity index is 1.71. The maximum absolute atomic E-state index is 13.1. The Labute approximate surface area is 171 Å². The molecule has 1 aliphatic heterocycles. The van der Waals surface area contributed by atoms with Gasteiger partial charge in [-0.05, 0) is 43.2 Å². The van der Waals surface area contributed by atoms with Gasteiger partial charge in [0.15, 0.2) is 0 Å². The molecule has 1 fully saturated rings. The summed E-state index contributed by atoms with van der Waals surface area (Å²) in [4.78, 5) is 23.3. The highest BCUT2D eigenvalue weighted by molar-refractivity contribution is 6.30. The number of aryl methyl sites for hydroxylation is 2. The zero-order valence-electron chi connectivity index (χ0n) is 16.9. The van der Waals surface area contributed by atoms with E-state index in [1.807, 2.05) is 42.2 Å². The van der Waals surface area contributed by atoms with Crippen molar-refractivity contribution in [2.24, 2.45) is 0 Å². The quantitative estimate of drug-likeness (QED) is 0.775. The van der Waals surface area contributed by atoms with Crippen LogP contribution in [0.1, 0.15) is 18.2 Å². The Hall–Kier alpha value is -2.47. The fraction of sp³-hybridized carbons (Fsp3) is 0.429. The number of carbonyl (C=O) groups excluding carboxylic acids is 1. The number of pyridine rings is 1. The number of methoxy groups -OCH3 is 1. The first-order valence-electron chi connectivity index (χ1n) is 9.52. The van der Waals surface area contributed by atoms with Gasteiger partial charge in [-0.15, -0.1) is 0 Å². The first kappa shape index (κ1) is 20.3. The van der Waals surface area contributed by atoms with E-state index in [0.717, 1.165) is 41.5 Å². The predicted molar refractivity (Wildman–Crippen MR) is 114 cm³/mol. The average molecular weight is 403 g/mol. The van der Waals surface area contributed by atoms with Gasteiger partial charge in [-0.3, -0.25) is 4.90 Å². The molecule has 2 amide bonds. The van der Waals surface area contributed by atoms with Crippen LogP contribution in [0.3, 0.4) is 0 Å². The molecule has 3 rings (SSSR count). The number of benzene rings is 1. The Morgan fingerprint density at radius 3 is 2.57 bits per heavy atom. The Morgan fingerprint density at radius 1 is 1.25 bits per heavy atom. The lowest BCUT2D eigenvalue weighted by atomic mass is 10.1. The van der Waals surface area contributed by atoms with Gasteiger partial charge >= 0.3 is 6.03 Å². The van der Waals surface area contributed by atoms with Crippen LogP contribution in [-0.2, 0) is 6.42 Å².